The van der Waals surface area contributed by atoms with E-state index in [1.807, 2.05) is 25.1 Å². The highest BCUT2D eigenvalue weighted by molar-refractivity contribution is 7.92. The molecule has 0 radical (unpaired) electrons. The molecule has 0 atom stereocenters. The maximum atomic E-state index is 12.6. The van der Waals surface area contributed by atoms with Crippen molar-refractivity contribution in [2.24, 2.45) is 0 Å². The summed E-state index contributed by atoms with van der Waals surface area (Å²) in [5.41, 5.74) is 2.10. The van der Waals surface area contributed by atoms with E-state index in [1.54, 1.807) is 25.3 Å². The molecule has 2 aromatic rings. The number of hydrogen-bond acceptors (Lipinski definition) is 4. The van der Waals surface area contributed by atoms with Crippen molar-refractivity contribution in [2.45, 2.75) is 45.4 Å². The van der Waals surface area contributed by atoms with Gasteiger partial charge >= 0.3 is 0 Å². The average molecular weight is 362 g/mol. The van der Waals surface area contributed by atoms with Gasteiger partial charge in [0.25, 0.3) is 10.0 Å². The molecule has 0 aliphatic rings. The number of rotatable bonds is 8. The van der Waals surface area contributed by atoms with Gasteiger partial charge in [-0.25, -0.2) is 13.4 Å². The second-order valence-corrected chi connectivity index (χ2v) is 7.92. The Hall–Kier alpha value is -2.08. The molecular weight excluding hydrogens is 334 g/mol. The number of sulfonamides is 1. The fourth-order valence-corrected chi connectivity index (χ4v) is 4.10. The van der Waals surface area contributed by atoms with Crippen molar-refractivity contribution in [3.63, 3.8) is 0 Å². The molecule has 0 fully saturated rings. The Kier molecular flexibility index (Phi) is 6.42. The lowest BCUT2D eigenvalue weighted by Gasteiger charge is -2.22. The molecule has 0 aliphatic heterocycles. The summed E-state index contributed by atoms with van der Waals surface area (Å²) in [4.78, 5) is 6.95. The number of pyridine rings is 1. The van der Waals surface area contributed by atoms with Crippen LogP contribution in [0.3, 0.4) is 0 Å². The normalized spacial score (nSPS) is 11.4. The van der Waals surface area contributed by atoms with Crippen LogP contribution in [0.4, 0.5) is 11.5 Å². The van der Waals surface area contributed by atoms with Gasteiger partial charge in [-0.2, -0.15) is 0 Å². The molecule has 136 valence electrons. The molecule has 0 saturated heterocycles. The van der Waals surface area contributed by atoms with E-state index in [1.165, 1.54) is 0 Å². The SMILES string of the molecule is CCCN(CCC)c1ccc(NS(=O)(=O)c2cc(C)ccc2C)cn1. The van der Waals surface area contributed by atoms with Crippen LogP contribution in [-0.4, -0.2) is 26.5 Å². The minimum atomic E-state index is -3.62. The van der Waals surface area contributed by atoms with E-state index in [0.29, 0.717) is 10.6 Å². The third-order valence-electron chi connectivity index (χ3n) is 3.94. The third-order valence-corrected chi connectivity index (χ3v) is 5.47. The van der Waals surface area contributed by atoms with Crippen LogP contribution in [0.1, 0.15) is 37.8 Å². The molecule has 0 spiro atoms. The van der Waals surface area contributed by atoms with Gasteiger partial charge in [0, 0.05) is 13.1 Å². The van der Waals surface area contributed by atoms with Crippen LogP contribution >= 0.6 is 0 Å². The lowest BCUT2D eigenvalue weighted by Crippen LogP contribution is -2.25. The van der Waals surface area contributed by atoms with E-state index in [0.717, 1.165) is 42.9 Å². The predicted molar refractivity (Wildman–Crippen MR) is 104 cm³/mol. The van der Waals surface area contributed by atoms with Crippen molar-refractivity contribution >= 4 is 21.5 Å². The van der Waals surface area contributed by atoms with Gasteiger partial charge in [0.05, 0.1) is 16.8 Å². The molecule has 0 unspecified atom stereocenters. The van der Waals surface area contributed by atoms with Crippen LogP contribution in [0, 0.1) is 13.8 Å². The lowest BCUT2D eigenvalue weighted by molar-refractivity contribution is 0.600. The molecule has 1 aromatic carbocycles. The lowest BCUT2D eigenvalue weighted by atomic mass is 10.2. The van der Waals surface area contributed by atoms with Crippen molar-refractivity contribution in [1.82, 2.24) is 4.98 Å². The number of aromatic nitrogens is 1. The first-order chi connectivity index (χ1) is 11.9. The summed E-state index contributed by atoms with van der Waals surface area (Å²) in [7, 11) is -3.62. The number of anilines is 2. The Bertz CT molecular complexity index is 796. The highest BCUT2D eigenvalue weighted by atomic mass is 32.2. The van der Waals surface area contributed by atoms with Gasteiger partial charge in [-0.05, 0) is 56.0 Å². The van der Waals surface area contributed by atoms with Gasteiger partial charge < -0.3 is 4.90 Å². The quantitative estimate of drug-likeness (QED) is 0.768. The van der Waals surface area contributed by atoms with Crippen molar-refractivity contribution in [3.05, 3.63) is 47.7 Å². The summed E-state index contributed by atoms with van der Waals surface area (Å²) in [6.07, 6.45) is 3.67. The zero-order chi connectivity index (χ0) is 18.4. The monoisotopic (exact) mass is 361 g/mol. The van der Waals surface area contributed by atoms with E-state index in [4.69, 9.17) is 0 Å². The summed E-state index contributed by atoms with van der Waals surface area (Å²) >= 11 is 0. The summed E-state index contributed by atoms with van der Waals surface area (Å²) in [6.45, 7) is 9.82. The summed E-state index contributed by atoms with van der Waals surface area (Å²) < 4.78 is 27.9. The van der Waals surface area contributed by atoms with E-state index >= 15 is 0 Å². The predicted octanol–water partition coefficient (Wildman–Crippen LogP) is 4.13. The van der Waals surface area contributed by atoms with Crippen LogP contribution in [-0.2, 0) is 10.0 Å². The Morgan fingerprint density at radius 3 is 2.28 bits per heavy atom. The first-order valence-electron chi connectivity index (χ1n) is 8.68. The van der Waals surface area contributed by atoms with Gasteiger partial charge in [0.2, 0.25) is 0 Å². The summed E-state index contributed by atoms with van der Waals surface area (Å²) in [6, 6.07) is 9.04. The Morgan fingerprint density at radius 2 is 1.72 bits per heavy atom. The van der Waals surface area contributed by atoms with Gasteiger partial charge in [-0.1, -0.05) is 26.0 Å². The molecule has 2 rings (SSSR count). The summed E-state index contributed by atoms with van der Waals surface area (Å²) in [5, 5.41) is 0. The van der Waals surface area contributed by atoms with Gasteiger partial charge in [-0.3, -0.25) is 4.72 Å². The standard InChI is InChI=1S/C19H27N3O2S/c1-5-11-22(12-6-2)19-10-9-17(14-20-19)21-25(23,24)18-13-15(3)7-8-16(18)4/h7-10,13-14,21H,5-6,11-12H2,1-4H3. The highest BCUT2D eigenvalue weighted by Crippen LogP contribution is 2.21. The minimum Gasteiger partial charge on any atom is -0.357 e. The Balaban J connectivity index is 2.21. The van der Waals surface area contributed by atoms with Crippen LogP contribution in [0.25, 0.3) is 0 Å². The molecule has 5 nitrogen and oxygen atoms in total. The van der Waals surface area contributed by atoms with E-state index < -0.39 is 10.0 Å². The molecular formula is C19H27N3O2S. The van der Waals surface area contributed by atoms with Crippen molar-refractivity contribution in [2.75, 3.05) is 22.7 Å². The van der Waals surface area contributed by atoms with Crippen molar-refractivity contribution in [3.8, 4) is 0 Å². The number of aryl methyl sites for hydroxylation is 2. The minimum absolute atomic E-state index is 0.301. The first-order valence-corrected chi connectivity index (χ1v) is 10.2. The largest absolute Gasteiger partial charge is 0.357 e. The molecule has 6 heteroatoms. The number of benzene rings is 1. The highest BCUT2D eigenvalue weighted by Gasteiger charge is 2.17. The molecule has 1 aromatic heterocycles. The molecule has 1 heterocycles. The zero-order valence-electron chi connectivity index (χ0n) is 15.4. The maximum Gasteiger partial charge on any atom is 0.262 e. The van der Waals surface area contributed by atoms with Gasteiger partial charge in [0.1, 0.15) is 5.82 Å². The van der Waals surface area contributed by atoms with E-state index in [9.17, 15) is 8.42 Å². The van der Waals surface area contributed by atoms with Crippen LogP contribution < -0.4 is 9.62 Å². The van der Waals surface area contributed by atoms with E-state index in [2.05, 4.69) is 28.5 Å². The smallest absolute Gasteiger partial charge is 0.262 e. The van der Waals surface area contributed by atoms with E-state index in [-0.39, 0.29) is 0 Å². The fourth-order valence-electron chi connectivity index (χ4n) is 2.72. The van der Waals surface area contributed by atoms with Crippen molar-refractivity contribution < 1.29 is 8.42 Å². The first kappa shape index (κ1) is 19.2. The number of hydrogen-bond donors (Lipinski definition) is 1. The molecule has 25 heavy (non-hydrogen) atoms. The fraction of sp³-hybridized carbons (Fsp3) is 0.421. The van der Waals surface area contributed by atoms with Crippen LogP contribution in [0.2, 0.25) is 0 Å². The van der Waals surface area contributed by atoms with Gasteiger partial charge in [0.15, 0.2) is 0 Å². The zero-order valence-corrected chi connectivity index (χ0v) is 16.2. The molecule has 0 saturated carbocycles. The maximum absolute atomic E-state index is 12.6. The van der Waals surface area contributed by atoms with Crippen LogP contribution in [0.15, 0.2) is 41.4 Å². The Morgan fingerprint density at radius 1 is 1.04 bits per heavy atom. The number of nitrogens with one attached hydrogen (secondary N) is 1. The van der Waals surface area contributed by atoms with Crippen LogP contribution in [0.5, 0.6) is 0 Å². The second-order valence-electron chi connectivity index (χ2n) is 6.27. The Labute approximate surface area is 151 Å². The van der Waals surface area contributed by atoms with Crippen molar-refractivity contribution in [1.29, 1.82) is 0 Å². The summed E-state index contributed by atoms with van der Waals surface area (Å²) in [5.74, 6) is 0.874. The molecule has 0 bridgehead atoms. The topological polar surface area (TPSA) is 62.3 Å². The third kappa shape index (κ3) is 4.95. The molecule has 1 N–H and O–H groups in total. The second kappa shape index (κ2) is 8.34. The van der Waals surface area contributed by atoms with Gasteiger partial charge in [-0.15, -0.1) is 0 Å². The molecule has 0 aliphatic carbocycles. The molecule has 0 amide bonds. The average Bonchev–Trinajstić information content (AvgIpc) is 2.57. The number of nitrogens with zero attached hydrogens (tertiary/aromatic N) is 2.